The van der Waals surface area contributed by atoms with Crippen molar-refractivity contribution in [3.63, 3.8) is 0 Å². The van der Waals surface area contributed by atoms with Crippen molar-refractivity contribution in [1.29, 1.82) is 0 Å². The van der Waals surface area contributed by atoms with Gasteiger partial charge in [0.15, 0.2) is 0 Å². The summed E-state index contributed by atoms with van der Waals surface area (Å²) in [6.45, 7) is 0. The maximum absolute atomic E-state index is 0. The van der Waals surface area contributed by atoms with E-state index in [4.69, 9.17) is 0 Å². The third-order valence-corrected chi connectivity index (χ3v) is 0. The van der Waals surface area contributed by atoms with Crippen molar-refractivity contribution in [2.45, 2.75) is 0 Å². The second-order valence-corrected chi connectivity index (χ2v) is 0. The Bertz CT molecular complexity index is 11.7. The molecule has 0 rings (SSSR count). The van der Waals surface area contributed by atoms with Crippen LogP contribution >= 0.6 is 0 Å². The van der Waals surface area contributed by atoms with Gasteiger partial charge in [0.1, 0.15) is 0 Å². The Morgan fingerprint density at radius 3 is 0.571 bits per heavy atom. The Morgan fingerprint density at radius 1 is 0.571 bits per heavy atom. The molecule has 0 amide bonds. The van der Waals surface area contributed by atoms with Gasteiger partial charge in [-0.05, 0) is 0 Å². The van der Waals surface area contributed by atoms with Crippen molar-refractivity contribution in [2.75, 3.05) is 0 Å². The minimum absolute atomic E-state index is 0. The summed E-state index contributed by atoms with van der Waals surface area (Å²) in [4.78, 5) is 0. The molecule has 0 aliphatic heterocycles. The molecule has 7 heteroatoms. The van der Waals surface area contributed by atoms with Gasteiger partial charge in [-0.3, -0.25) is 0 Å². The normalized spacial score (nSPS) is 0. The molecule has 54 valence electrons. The van der Waals surface area contributed by atoms with Crippen molar-refractivity contribution in [2.24, 2.45) is 0 Å². The van der Waals surface area contributed by atoms with E-state index in [1.54, 1.807) is 0 Å². The van der Waals surface area contributed by atoms with Gasteiger partial charge < -0.3 is 21.9 Å². The molecule has 8 N–H and O–H groups in total. The molecule has 0 saturated heterocycles. The van der Waals surface area contributed by atoms with Gasteiger partial charge in [-0.1, -0.05) is 0 Å². The average Bonchev–Trinajstić information content (AvgIpc) is 0. The van der Waals surface area contributed by atoms with Crippen molar-refractivity contribution in [1.82, 2.24) is 0 Å². The molecule has 2 radical (unpaired) electrons. The molecule has 0 atom stereocenters. The van der Waals surface area contributed by atoms with Crippen molar-refractivity contribution >= 4 is 74.5 Å². The molecule has 0 aromatic heterocycles. The number of rotatable bonds is 0. The van der Waals surface area contributed by atoms with Gasteiger partial charge in [0.25, 0.3) is 0 Å². The standard InChI is InChI=1S/Bi.4H2O.Sb.Sn.8H/h;4*1H2;;;;;;;;;;. The Labute approximate surface area is 95.2 Å². The van der Waals surface area contributed by atoms with Crippen LogP contribution in [0.3, 0.4) is 0 Å². The number of hydrogen-bond acceptors (Lipinski definition) is 0. The Hall–Kier alpha value is 2.34. The Kier molecular flexibility index (Phi) is 1390. The summed E-state index contributed by atoms with van der Waals surface area (Å²) in [6, 6.07) is 0. The van der Waals surface area contributed by atoms with Crippen LogP contribution in [0.2, 0.25) is 0 Å². The molecule has 0 fully saturated rings. The molecule has 0 spiro atoms. The summed E-state index contributed by atoms with van der Waals surface area (Å²) in [5.74, 6) is 0. The van der Waals surface area contributed by atoms with Gasteiger partial charge in [-0.15, -0.1) is 0 Å². The predicted molar refractivity (Wildman–Crippen MR) is 42.9 cm³/mol. The fourth-order valence-corrected chi connectivity index (χ4v) is 0. The van der Waals surface area contributed by atoms with Crippen LogP contribution in [0.1, 0.15) is 0 Å². The molecule has 7 heavy (non-hydrogen) atoms. The topological polar surface area (TPSA) is 126 Å². The third-order valence-electron chi connectivity index (χ3n) is 0. The molecule has 0 aliphatic rings. The number of hydrogen-bond donors (Lipinski definition) is 0. The van der Waals surface area contributed by atoms with Crippen molar-refractivity contribution in [3.05, 3.63) is 0 Å². The Morgan fingerprint density at radius 2 is 0.571 bits per heavy atom. The van der Waals surface area contributed by atoms with E-state index < -0.39 is 0 Å². The van der Waals surface area contributed by atoms with E-state index in [0.717, 1.165) is 0 Å². The van der Waals surface area contributed by atoms with E-state index in [2.05, 4.69) is 0 Å². The van der Waals surface area contributed by atoms with Crippen LogP contribution in [0.5, 0.6) is 0 Å². The quantitative estimate of drug-likeness (QED) is 0.277. The van der Waals surface area contributed by atoms with Crippen LogP contribution < -0.4 is 0 Å². The van der Waals surface area contributed by atoms with E-state index >= 15 is 0 Å². The summed E-state index contributed by atoms with van der Waals surface area (Å²) >= 11 is 0. The van der Waals surface area contributed by atoms with E-state index in [0.29, 0.717) is 0 Å². The fourth-order valence-electron chi connectivity index (χ4n) is 0. The van der Waals surface area contributed by atoms with Gasteiger partial charge in [-0.2, -0.15) is 0 Å². The molecule has 0 aliphatic carbocycles. The van der Waals surface area contributed by atoms with Crippen molar-refractivity contribution in [3.8, 4) is 0 Å². The van der Waals surface area contributed by atoms with Gasteiger partial charge in [0, 0.05) is 0 Å². The molecule has 0 aromatic rings. The van der Waals surface area contributed by atoms with E-state index in [9.17, 15) is 0 Å². The predicted octanol–water partition coefficient (Wildman–Crippen LogP) is -6.58. The van der Waals surface area contributed by atoms with E-state index in [1.807, 2.05) is 0 Å². The van der Waals surface area contributed by atoms with Gasteiger partial charge >= 0.3 is 74.5 Å². The zero-order valence-electron chi connectivity index (χ0n) is 4.12. The van der Waals surface area contributed by atoms with Crippen LogP contribution in [-0.2, 0) is 0 Å². The van der Waals surface area contributed by atoms with Crippen LogP contribution in [0.25, 0.3) is 0 Å². The summed E-state index contributed by atoms with van der Waals surface area (Å²) in [5, 5.41) is 0. The van der Waals surface area contributed by atoms with Crippen LogP contribution in [0.4, 0.5) is 0 Å². The molecule has 0 bridgehead atoms. The Balaban J connectivity index is 0. The molecular formula is H16BiO4SbSn. The summed E-state index contributed by atoms with van der Waals surface area (Å²) < 4.78 is 0. The first-order valence-electron chi connectivity index (χ1n) is 0. The summed E-state index contributed by atoms with van der Waals surface area (Å²) in [7, 11) is 0. The van der Waals surface area contributed by atoms with E-state index in [-0.39, 0.29) is 96.4 Å². The third kappa shape index (κ3) is 61.2. The van der Waals surface area contributed by atoms with Crippen LogP contribution in [0.15, 0.2) is 0 Å². The summed E-state index contributed by atoms with van der Waals surface area (Å²) in [5.41, 5.74) is 0. The summed E-state index contributed by atoms with van der Waals surface area (Å²) in [6.07, 6.45) is 0. The maximum atomic E-state index is 0. The van der Waals surface area contributed by atoms with Crippen LogP contribution in [0, 0.1) is 0 Å². The van der Waals surface area contributed by atoms with Gasteiger partial charge in [-0.25, -0.2) is 0 Å². The molecule has 0 saturated carbocycles. The van der Waals surface area contributed by atoms with Gasteiger partial charge in [0.2, 0.25) is 0 Å². The van der Waals surface area contributed by atoms with Crippen molar-refractivity contribution < 1.29 is 21.9 Å². The van der Waals surface area contributed by atoms with E-state index in [1.165, 1.54) is 0 Å². The first-order valence-corrected chi connectivity index (χ1v) is 0. The SMILES string of the molecule is O.O.O.O.[BiH3].[SbH3].[SnH2]. The molecular weight excluding hydrogens is 513 g/mol. The second kappa shape index (κ2) is 82.1. The minimum atomic E-state index is 0. The molecule has 0 unspecified atom stereocenters. The first kappa shape index (κ1) is 119. The van der Waals surface area contributed by atoms with Gasteiger partial charge in [0.05, 0.1) is 0 Å². The fraction of sp³-hybridized carbons (Fsp3) is 0. The molecule has 0 aromatic carbocycles. The zero-order chi connectivity index (χ0) is 0. The molecule has 4 nitrogen and oxygen atoms in total. The first-order chi connectivity index (χ1) is 0. The molecule has 0 heterocycles. The van der Waals surface area contributed by atoms with Crippen LogP contribution in [-0.4, -0.2) is 96.4 Å². The average molecular weight is 530 g/mol. The zero-order valence-corrected chi connectivity index (χ0v) is 17.7. The monoisotopic (exact) mass is 530 g/mol. The second-order valence-electron chi connectivity index (χ2n) is 0.